The standard InChI is InChI=1S/C15H11NO5/c1-10(17)12(15(18)14-7-4-8-21-14)9-11-5-2-3-6-13(11)16(19)20/h2-9H,1H3/b12-9-. The van der Waals surface area contributed by atoms with Gasteiger partial charge in [-0.3, -0.25) is 19.7 Å². The van der Waals surface area contributed by atoms with E-state index in [1.807, 2.05) is 0 Å². The molecule has 2 aromatic rings. The molecule has 6 heteroatoms. The Hall–Kier alpha value is -3.02. The monoisotopic (exact) mass is 285 g/mol. The number of hydrogen-bond donors (Lipinski definition) is 0. The van der Waals surface area contributed by atoms with Gasteiger partial charge in [0.2, 0.25) is 5.78 Å². The number of rotatable bonds is 5. The van der Waals surface area contributed by atoms with E-state index in [2.05, 4.69) is 0 Å². The minimum Gasteiger partial charge on any atom is -0.461 e. The van der Waals surface area contributed by atoms with Gasteiger partial charge in [-0.25, -0.2) is 0 Å². The first-order valence-electron chi connectivity index (χ1n) is 6.05. The third kappa shape index (κ3) is 3.11. The SMILES string of the molecule is CC(=O)/C(=C/c1ccccc1[N+](=O)[O-])C(=O)c1ccco1. The van der Waals surface area contributed by atoms with Crippen molar-refractivity contribution in [2.24, 2.45) is 0 Å². The molecule has 1 heterocycles. The molecule has 0 radical (unpaired) electrons. The van der Waals surface area contributed by atoms with Gasteiger partial charge in [-0.15, -0.1) is 0 Å². The molecule has 0 amide bonds. The Labute approximate surface area is 119 Å². The zero-order valence-corrected chi connectivity index (χ0v) is 11.1. The Bertz CT molecular complexity index is 728. The maximum absolute atomic E-state index is 12.2. The van der Waals surface area contributed by atoms with Crippen molar-refractivity contribution in [3.8, 4) is 0 Å². The molecular weight excluding hydrogens is 274 g/mol. The van der Waals surface area contributed by atoms with Crippen LogP contribution in [0.5, 0.6) is 0 Å². The zero-order chi connectivity index (χ0) is 15.4. The van der Waals surface area contributed by atoms with E-state index in [4.69, 9.17) is 4.42 Å². The van der Waals surface area contributed by atoms with Crippen LogP contribution in [0.1, 0.15) is 23.0 Å². The van der Waals surface area contributed by atoms with Gasteiger partial charge in [0.25, 0.3) is 5.69 Å². The van der Waals surface area contributed by atoms with Crippen molar-refractivity contribution < 1.29 is 18.9 Å². The van der Waals surface area contributed by atoms with Crippen molar-refractivity contribution in [1.82, 2.24) is 0 Å². The van der Waals surface area contributed by atoms with Crippen molar-refractivity contribution in [3.05, 3.63) is 69.7 Å². The van der Waals surface area contributed by atoms with E-state index in [-0.39, 0.29) is 22.6 Å². The first kappa shape index (κ1) is 14.4. The van der Waals surface area contributed by atoms with E-state index in [0.29, 0.717) is 0 Å². The first-order chi connectivity index (χ1) is 10.0. The molecule has 106 valence electrons. The number of hydrogen-bond acceptors (Lipinski definition) is 5. The smallest absolute Gasteiger partial charge is 0.276 e. The molecule has 0 saturated carbocycles. The van der Waals surface area contributed by atoms with Crippen LogP contribution in [0, 0.1) is 10.1 Å². The van der Waals surface area contributed by atoms with Gasteiger partial charge in [-0.05, 0) is 31.2 Å². The highest BCUT2D eigenvalue weighted by Gasteiger charge is 2.21. The van der Waals surface area contributed by atoms with Crippen molar-refractivity contribution >= 4 is 23.3 Å². The topological polar surface area (TPSA) is 90.4 Å². The van der Waals surface area contributed by atoms with E-state index in [0.717, 1.165) is 0 Å². The van der Waals surface area contributed by atoms with Crippen LogP contribution in [0.3, 0.4) is 0 Å². The first-order valence-corrected chi connectivity index (χ1v) is 6.05. The summed E-state index contributed by atoms with van der Waals surface area (Å²) in [4.78, 5) is 34.2. The molecule has 1 aromatic carbocycles. The van der Waals surface area contributed by atoms with Crippen LogP contribution in [0.2, 0.25) is 0 Å². The fourth-order valence-electron chi connectivity index (χ4n) is 1.80. The molecule has 0 fully saturated rings. The summed E-state index contributed by atoms with van der Waals surface area (Å²) >= 11 is 0. The largest absolute Gasteiger partial charge is 0.461 e. The minimum absolute atomic E-state index is 0.00929. The van der Waals surface area contributed by atoms with Gasteiger partial charge in [0.1, 0.15) is 0 Å². The average Bonchev–Trinajstić information content (AvgIpc) is 2.98. The van der Waals surface area contributed by atoms with E-state index < -0.39 is 16.5 Å². The number of nitrogens with zero attached hydrogens (tertiary/aromatic N) is 1. The summed E-state index contributed by atoms with van der Waals surface area (Å²) in [5.41, 5.74) is -0.157. The fraction of sp³-hybridized carbons (Fsp3) is 0.0667. The maximum Gasteiger partial charge on any atom is 0.276 e. The van der Waals surface area contributed by atoms with Gasteiger partial charge in [0.15, 0.2) is 11.5 Å². The van der Waals surface area contributed by atoms with E-state index >= 15 is 0 Å². The number of carbonyl (C=O) groups excluding carboxylic acids is 2. The molecule has 1 aromatic heterocycles. The number of ketones is 2. The molecule has 0 atom stereocenters. The molecule has 0 bridgehead atoms. The number of nitro benzene ring substituents is 1. The molecule has 0 saturated heterocycles. The summed E-state index contributed by atoms with van der Waals surface area (Å²) in [6, 6.07) is 8.83. The van der Waals surface area contributed by atoms with Gasteiger partial charge >= 0.3 is 0 Å². The van der Waals surface area contributed by atoms with Crippen LogP contribution in [-0.4, -0.2) is 16.5 Å². The van der Waals surface area contributed by atoms with Crippen LogP contribution >= 0.6 is 0 Å². The lowest BCUT2D eigenvalue weighted by molar-refractivity contribution is -0.385. The molecule has 0 spiro atoms. The summed E-state index contributed by atoms with van der Waals surface area (Å²) in [5.74, 6) is -1.09. The Morgan fingerprint density at radius 2 is 1.90 bits per heavy atom. The highest BCUT2D eigenvalue weighted by molar-refractivity contribution is 6.27. The second kappa shape index (κ2) is 5.96. The highest BCUT2D eigenvalue weighted by Crippen LogP contribution is 2.22. The molecule has 0 N–H and O–H groups in total. The number of allylic oxidation sites excluding steroid dienone is 1. The van der Waals surface area contributed by atoms with Crippen molar-refractivity contribution in [1.29, 1.82) is 0 Å². The van der Waals surface area contributed by atoms with Crippen molar-refractivity contribution in [3.63, 3.8) is 0 Å². The van der Waals surface area contributed by atoms with Crippen molar-refractivity contribution in [2.45, 2.75) is 6.92 Å². The van der Waals surface area contributed by atoms with E-state index in [1.54, 1.807) is 6.07 Å². The zero-order valence-electron chi connectivity index (χ0n) is 11.1. The quantitative estimate of drug-likeness (QED) is 0.210. The van der Waals surface area contributed by atoms with Crippen LogP contribution in [0.25, 0.3) is 6.08 Å². The molecule has 0 unspecified atom stereocenters. The second-order valence-electron chi connectivity index (χ2n) is 4.24. The van der Waals surface area contributed by atoms with Crippen LogP contribution < -0.4 is 0 Å². The highest BCUT2D eigenvalue weighted by atomic mass is 16.6. The van der Waals surface area contributed by atoms with Crippen LogP contribution in [-0.2, 0) is 4.79 Å². The number of nitro groups is 1. The van der Waals surface area contributed by atoms with Gasteiger partial charge < -0.3 is 4.42 Å². The Morgan fingerprint density at radius 3 is 2.48 bits per heavy atom. The van der Waals surface area contributed by atoms with E-state index in [1.165, 1.54) is 49.6 Å². The number of benzene rings is 1. The number of Topliss-reactive ketones (excluding diaryl/α,β-unsaturated/α-hetero) is 2. The summed E-state index contributed by atoms with van der Waals surface area (Å²) in [7, 11) is 0. The lowest BCUT2D eigenvalue weighted by Crippen LogP contribution is -2.10. The van der Waals surface area contributed by atoms with Gasteiger partial charge in [0.05, 0.1) is 22.3 Å². The number of furan rings is 1. The average molecular weight is 285 g/mol. The molecule has 0 aliphatic carbocycles. The molecule has 6 nitrogen and oxygen atoms in total. The molecule has 0 aliphatic rings. The summed E-state index contributed by atoms with van der Waals surface area (Å²) < 4.78 is 4.97. The van der Waals surface area contributed by atoms with Gasteiger partial charge in [-0.2, -0.15) is 0 Å². The number of para-hydroxylation sites is 1. The molecule has 2 rings (SSSR count). The van der Waals surface area contributed by atoms with Gasteiger partial charge in [-0.1, -0.05) is 12.1 Å². The van der Waals surface area contributed by atoms with Crippen LogP contribution in [0.15, 0.2) is 52.7 Å². The Morgan fingerprint density at radius 1 is 1.19 bits per heavy atom. The lowest BCUT2D eigenvalue weighted by Gasteiger charge is -2.02. The second-order valence-corrected chi connectivity index (χ2v) is 4.24. The third-order valence-corrected chi connectivity index (χ3v) is 2.80. The summed E-state index contributed by atoms with van der Waals surface area (Å²) in [6.07, 6.45) is 2.53. The third-order valence-electron chi connectivity index (χ3n) is 2.80. The fourth-order valence-corrected chi connectivity index (χ4v) is 1.80. The maximum atomic E-state index is 12.2. The predicted molar refractivity (Wildman–Crippen MR) is 74.8 cm³/mol. The Kier molecular flexibility index (Phi) is 4.08. The van der Waals surface area contributed by atoms with Gasteiger partial charge in [0, 0.05) is 6.07 Å². The predicted octanol–water partition coefficient (Wildman–Crippen LogP) is 3.04. The van der Waals surface area contributed by atoms with E-state index in [9.17, 15) is 19.7 Å². The molecule has 0 aliphatic heterocycles. The molecular formula is C15H11NO5. The minimum atomic E-state index is -0.606. The summed E-state index contributed by atoms with van der Waals surface area (Å²) in [5, 5.41) is 11.0. The normalized spacial score (nSPS) is 11.2. The Balaban J connectivity index is 2.51. The molecule has 21 heavy (non-hydrogen) atoms. The van der Waals surface area contributed by atoms with Crippen molar-refractivity contribution in [2.75, 3.05) is 0 Å². The summed E-state index contributed by atoms with van der Waals surface area (Å²) in [6.45, 7) is 1.22. The number of carbonyl (C=O) groups is 2. The lowest BCUT2D eigenvalue weighted by atomic mass is 10.0. The van der Waals surface area contributed by atoms with Crippen LogP contribution in [0.4, 0.5) is 5.69 Å².